The molecule has 0 bridgehead atoms. The van der Waals surface area contributed by atoms with E-state index in [1.54, 1.807) is 0 Å². The van der Waals surface area contributed by atoms with Crippen molar-refractivity contribution < 1.29 is 9.90 Å². The van der Waals surface area contributed by atoms with Gasteiger partial charge < -0.3 is 25.5 Å². The molecule has 1 aliphatic heterocycles. The van der Waals surface area contributed by atoms with Crippen LogP contribution in [-0.2, 0) is 0 Å². The second-order valence-electron chi connectivity index (χ2n) is 6.70. The first kappa shape index (κ1) is 19.5. The van der Waals surface area contributed by atoms with Crippen LogP contribution in [0.2, 0.25) is 0 Å². The van der Waals surface area contributed by atoms with Crippen molar-refractivity contribution in [2.45, 2.75) is 39.7 Å². The Balaban J connectivity index is 1.88. The molecule has 1 heterocycles. The van der Waals surface area contributed by atoms with Crippen molar-refractivity contribution in [3.05, 3.63) is 23.8 Å². The molecule has 140 valence electrons. The number of piperazine rings is 1. The van der Waals surface area contributed by atoms with Crippen molar-refractivity contribution in [2.75, 3.05) is 49.5 Å². The monoisotopic (exact) mass is 348 g/mol. The quantitative estimate of drug-likeness (QED) is 0.708. The molecule has 1 saturated heterocycles. The largest absolute Gasteiger partial charge is 0.391 e. The molecule has 1 aliphatic rings. The van der Waals surface area contributed by atoms with Gasteiger partial charge in [0, 0.05) is 44.1 Å². The van der Waals surface area contributed by atoms with E-state index >= 15 is 0 Å². The second-order valence-corrected chi connectivity index (χ2v) is 6.70. The Hall–Kier alpha value is -1.79. The highest BCUT2D eigenvalue weighted by Gasteiger charge is 2.16. The Kier molecular flexibility index (Phi) is 7.52. The molecule has 0 aliphatic carbocycles. The number of urea groups is 1. The summed E-state index contributed by atoms with van der Waals surface area (Å²) in [7, 11) is 0. The fourth-order valence-electron chi connectivity index (χ4n) is 3.12. The van der Waals surface area contributed by atoms with Crippen LogP contribution in [0, 0.1) is 6.92 Å². The Morgan fingerprint density at radius 3 is 2.56 bits per heavy atom. The summed E-state index contributed by atoms with van der Waals surface area (Å²) in [5.74, 6) is 0. The van der Waals surface area contributed by atoms with E-state index in [1.165, 1.54) is 5.69 Å². The zero-order chi connectivity index (χ0) is 18.2. The molecule has 3 N–H and O–H groups in total. The van der Waals surface area contributed by atoms with Gasteiger partial charge in [0.05, 0.1) is 6.10 Å². The summed E-state index contributed by atoms with van der Waals surface area (Å²) >= 11 is 0. The van der Waals surface area contributed by atoms with E-state index in [0.717, 1.165) is 50.4 Å². The second kappa shape index (κ2) is 9.63. The minimum Gasteiger partial charge on any atom is -0.391 e. The molecular formula is C19H32N4O2. The molecule has 1 aromatic rings. The average Bonchev–Trinajstić information content (AvgIpc) is 2.62. The average molecular weight is 348 g/mol. The van der Waals surface area contributed by atoms with Gasteiger partial charge in [-0.1, -0.05) is 20.3 Å². The number of hydrogen-bond donors (Lipinski definition) is 3. The van der Waals surface area contributed by atoms with Gasteiger partial charge in [-0.2, -0.15) is 0 Å². The first-order valence-electron chi connectivity index (χ1n) is 9.34. The number of hydrogen-bond acceptors (Lipinski definition) is 4. The molecule has 25 heavy (non-hydrogen) atoms. The number of carbonyl (C=O) groups is 1. The normalized spacial score (nSPS) is 16.6. The van der Waals surface area contributed by atoms with Crippen molar-refractivity contribution in [3.8, 4) is 0 Å². The zero-order valence-corrected chi connectivity index (χ0v) is 15.7. The lowest BCUT2D eigenvalue weighted by atomic mass is 10.1. The first-order chi connectivity index (χ1) is 12.0. The number of likely N-dealkylation sites (N-methyl/N-ethyl adjacent to an activating group) is 1. The number of nitrogens with zero attached hydrogens (tertiary/aromatic N) is 2. The Bertz CT molecular complexity index is 556. The van der Waals surface area contributed by atoms with Gasteiger partial charge in [0.15, 0.2) is 0 Å². The molecule has 6 nitrogen and oxygen atoms in total. The van der Waals surface area contributed by atoms with E-state index in [9.17, 15) is 9.90 Å². The lowest BCUT2D eigenvalue weighted by Crippen LogP contribution is -2.46. The highest BCUT2D eigenvalue weighted by molar-refractivity contribution is 5.90. The predicted octanol–water partition coefficient (Wildman–Crippen LogP) is 2.42. The topological polar surface area (TPSA) is 67.8 Å². The highest BCUT2D eigenvalue weighted by Crippen LogP contribution is 2.23. The summed E-state index contributed by atoms with van der Waals surface area (Å²) in [6.07, 6.45) is 1.11. The number of rotatable bonds is 7. The molecule has 1 unspecified atom stereocenters. The lowest BCUT2D eigenvalue weighted by molar-refractivity contribution is 0.162. The summed E-state index contributed by atoms with van der Waals surface area (Å²) in [6, 6.07) is 5.88. The van der Waals surface area contributed by atoms with Gasteiger partial charge in [-0.25, -0.2) is 4.79 Å². The predicted molar refractivity (Wildman–Crippen MR) is 103 cm³/mol. The SMILES string of the molecule is CCCC(O)CNC(=O)Nc1ccc(N2CCN(CC)CC2)cc1C. The van der Waals surface area contributed by atoms with Crippen LogP contribution in [0.1, 0.15) is 32.3 Å². The summed E-state index contributed by atoms with van der Waals surface area (Å²) in [6.45, 7) is 11.9. The molecule has 1 aromatic carbocycles. The summed E-state index contributed by atoms with van der Waals surface area (Å²) in [5.41, 5.74) is 3.05. The molecule has 6 heteroatoms. The van der Waals surface area contributed by atoms with E-state index in [0.29, 0.717) is 6.42 Å². The molecule has 0 radical (unpaired) electrons. The van der Waals surface area contributed by atoms with E-state index in [4.69, 9.17) is 0 Å². The standard InChI is InChI=1S/C19H32N4O2/c1-4-6-17(24)14-20-19(25)21-18-8-7-16(13-15(18)3)23-11-9-22(5-2)10-12-23/h7-8,13,17,24H,4-6,9-12,14H2,1-3H3,(H2,20,21,25). The number of aliphatic hydroxyl groups is 1. The fourth-order valence-corrected chi connectivity index (χ4v) is 3.12. The van der Waals surface area contributed by atoms with Crippen molar-refractivity contribution in [2.24, 2.45) is 0 Å². The van der Waals surface area contributed by atoms with Crippen LogP contribution < -0.4 is 15.5 Å². The Morgan fingerprint density at radius 2 is 1.96 bits per heavy atom. The van der Waals surface area contributed by atoms with Gasteiger partial charge in [-0.05, 0) is 43.7 Å². The minimum absolute atomic E-state index is 0.275. The van der Waals surface area contributed by atoms with E-state index in [-0.39, 0.29) is 12.6 Å². The number of nitrogens with one attached hydrogen (secondary N) is 2. The third kappa shape index (κ3) is 5.90. The van der Waals surface area contributed by atoms with E-state index in [2.05, 4.69) is 39.5 Å². The smallest absolute Gasteiger partial charge is 0.319 e. The Labute approximate surface area is 151 Å². The van der Waals surface area contributed by atoms with Crippen LogP contribution in [0.25, 0.3) is 0 Å². The van der Waals surface area contributed by atoms with E-state index < -0.39 is 6.10 Å². The number of carbonyl (C=O) groups excluding carboxylic acids is 1. The molecular weight excluding hydrogens is 316 g/mol. The van der Waals surface area contributed by atoms with Crippen LogP contribution in [0.3, 0.4) is 0 Å². The third-order valence-corrected chi connectivity index (χ3v) is 4.76. The van der Waals surface area contributed by atoms with Gasteiger partial charge in [-0.15, -0.1) is 0 Å². The lowest BCUT2D eigenvalue weighted by Gasteiger charge is -2.35. The molecule has 2 amide bonds. The van der Waals surface area contributed by atoms with Crippen LogP contribution in [0.5, 0.6) is 0 Å². The number of aliphatic hydroxyl groups excluding tert-OH is 1. The van der Waals surface area contributed by atoms with Crippen LogP contribution >= 0.6 is 0 Å². The van der Waals surface area contributed by atoms with E-state index in [1.807, 2.05) is 19.9 Å². The molecule has 2 rings (SSSR count). The minimum atomic E-state index is -0.485. The van der Waals surface area contributed by atoms with Gasteiger partial charge in [-0.3, -0.25) is 0 Å². The zero-order valence-electron chi connectivity index (χ0n) is 15.7. The van der Waals surface area contributed by atoms with Gasteiger partial charge in [0.2, 0.25) is 0 Å². The fraction of sp³-hybridized carbons (Fsp3) is 0.632. The summed E-state index contributed by atoms with van der Waals surface area (Å²) < 4.78 is 0. The molecule has 1 atom stereocenters. The number of aryl methyl sites for hydroxylation is 1. The maximum atomic E-state index is 12.0. The number of benzene rings is 1. The molecule has 1 fully saturated rings. The maximum Gasteiger partial charge on any atom is 0.319 e. The first-order valence-corrected chi connectivity index (χ1v) is 9.34. The van der Waals surface area contributed by atoms with Crippen LogP contribution in [0.15, 0.2) is 18.2 Å². The summed E-state index contributed by atoms with van der Waals surface area (Å²) in [4.78, 5) is 16.8. The number of anilines is 2. The molecule has 0 aromatic heterocycles. The highest BCUT2D eigenvalue weighted by atomic mass is 16.3. The van der Waals surface area contributed by atoms with Crippen molar-refractivity contribution in [1.82, 2.24) is 10.2 Å². The van der Waals surface area contributed by atoms with Crippen LogP contribution in [-0.4, -0.2) is 61.4 Å². The molecule has 0 saturated carbocycles. The van der Waals surface area contributed by atoms with Crippen molar-refractivity contribution >= 4 is 17.4 Å². The molecule has 0 spiro atoms. The van der Waals surface area contributed by atoms with Gasteiger partial charge in [0.1, 0.15) is 0 Å². The summed E-state index contributed by atoms with van der Waals surface area (Å²) in [5, 5.41) is 15.3. The van der Waals surface area contributed by atoms with Crippen molar-refractivity contribution in [1.29, 1.82) is 0 Å². The van der Waals surface area contributed by atoms with Gasteiger partial charge >= 0.3 is 6.03 Å². The Morgan fingerprint density at radius 1 is 1.24 bits per heavy atom. The van der Waals surface area contributed by atoms with Crippen molar-refractivity contribution in [3.63, 3.8) is 0 Å². The third-order valence-electron chi connectivity index (χ3n) is 4.76. The van der Waals surface area contributed by atoms with Gasteiger partial charge in [0.25, 0.3) is 0 Å². The maximum absolute atomic E-state index is 12.0. The van der Waals surface area contributed by atoms with Crippen LogP contribution in [0.4, 0.5) is 16.2 Å². The number of amides is 2.